The van der Waals surface area contributed by atoms with Gasteiger partial charge in [-0.05, 0) is 11.5 Å². The van der Waals surface area contributed by atoms with E-state index < -0.39 is 5.97 Å². The molecular weight excluding hydrogens is 224 g/mol. The standard InChI is InChI=1S/C12H10O3S/c1-15-10-6-9(12(13)14)11(16)8-5-3-2-4-7(8)10/h2-6,16H,1H3,(H,13,14). The van der Waals surface area contributed by atoms with Gasteiger partial charge in [-0.25, -0.2) is 4.79 Å². The third kappa shape index (κ3) is 1.61. The van der Waals surface area contributed by atoms with Gasteiger partial charge in [-0.3, -0.25) is 0 Å². The highest BCUT2D eigenvalue weighted by Gasteiger charge is 2.14. The van der Waals surface area contributed by atoms with Crippen molar-refractivity contribution in [2.45, 2.75) is 4.90 Å². The Hall–Kier alpha value is -1.68. The summed E-state index contributed by atoms with van der Waals surface area (Å²) in [5.74, 6) is -0.458. The summed E-state index contributed by atoms with van der Waals surface area (Å²) in [6.45, 7) is 0. The normalized spacial score (nSPS) is 10.4. The highest BCUT2D eigenvalue weighted by atomic mass is 32.1. The van der Waals surface area contributed by atoms with E-state index in [1.807, 2.05) is 24.3 Å². The second-order valence-electron chi connectivity index (χ2n) is 3.33. The summed E-state index contributed by atoms with van der Waals surface area (Å²) in [6, 6.07) is 8.91. The Labute approximate surface area is 98.1 Å². The number of carbonyl (C=O) groups is 1. The Bertz CT molecular complexity index is 563. The van der Waals surface area contributed by atoms with Gasteiger partial charge in [0.1, 0.15) is 5.75 Å². The number of aromatic carboxylic acids is 1. The number of rotatable bonds is 2. The summed E-state index contributed by atoms with van der Waals surface area (Å²) in [7, 11) is 1.52. The number of hydrogen-bond donors (Lipinski definition) is 2. The molecule has 2 aromatic carbocycles. The van der Waals surface area contributed by atoms with Gasteiger partial charge in [-0.15, -0.1) is 12.6 Å². The Morgan fingerprint density at radius 2 is 1.94 bits per heavy atom. The number of thiol groups is 1. The Balaban J connectivity index is 2.88. The van der Waals surface area contributed by atoms with Crippen molar-refractivity contribution >= 4 is 29.4 Å². The average Bonchev–Trinajstić information content (AvgIpc) is 2.29. The SMILES string of the molecule is COc1cc(C(=O)O)c(S)c2ccccc12. The lowest BCUT2D eigenvalue weighted by Crippen LogP contribution is -2.00. The van der Waals surface area contributed by atoms with Crippen LogP contribution in [0.5, 0.6) is 5.75 Å². The van der Waals surface area contributed by atoms with Crippen LogP contribution in [0.15, 0.2) is 35.2 Å². The molecule has 0 spiro atoms. The molecule has 0 unspecified atom stereocenters. The highest BCUT2D eigenvalue weighted by Crippen LogP contribution is 2.33. The zero-order valence-electron chi connectivity index (χ0n) is 8.60. The van der Waals surface area contributed by atoms with Crippen LogP contribution in [0, 0.1) is 0 Å². The molecule has 4 heteroatoms. The van der Waals surface area contributed by atoms with Crippen molar-refractivity contribution in [3.05, 3.63) is 35.9 Å². The minimum absolute atomic E-state index is 0.152. The van der Waals surface area contributed by atoms with Gasteiger partial charge < -0.3 is 9.84 Å². The van der Waals surface area contributed by atoms with Crippen LogP contribution in [0.3, 0.4) is 0 Å². The summed E-state index contributed by atoms with van der Waals surface area (Å²) in [6.07, 6.45) is 0. The van der Waals surface area contributed by atoms with Crippen molar-refractivity contribution in [3.8, 4) is 5.75 Å². The molecule has 0 aliphatic rings. The summed E-state index contributed by atoms with van der Waals surface area (Å²) in [5, 5.41) is 10.7. The van der Waals surface area contributed by atoms with E-state index in [9.17, 15) is 4.79 Å². The fourth-order valence-electron chi connectivity index (χ4n) is 1.66. The molecule has 0 aromatic heterocycles. The van der Waals surface area contributed by atoms with E-state index in [0.29, 0.717) is 10.6 Å². The maximum Gasteiger partial charge on any atom is 0.336 e. The molecule has 3 nitrogen and oxygen atoms in total. The predicted molar refractivity (Wildman–Crippen MR) is 64.7 cm³/mol. The second kappa shape index (κ2) is 4.06. The molecule has 0 radical (unpaired) electrons. The Morgan fingerprint density at radius 3 is 2.50 bits per heavy atom. The number of ether oxygens (including phenoxy) is 1. The topological polar surface area (TPSA) is 46.5 Å². The lowest BCUT2D eigenvalue weighted by molar-refractivity contribution is 0.0693. The summed E-state index contributed by atoms with van der Waals surface area (Å²) < 4.78 is 5.18. The summed E-state index contributed by atoms with van der Waals surface area (Å²) in [5.41, 5.74) is 0.152. The smallest absolute Gasteiger partial charge is 0.336 e. The van der Waals surface area contributed by atoms with Gasteiger partial charge in [0.05, 0.1) is 12.7 Å². The number of hydrogen-bond acceptors (Lipinski definition) is 3. The molecule has 2 rings (SSSR count). The van der Waals surface area contributed by atoms with Crippen molar-refractivity contribution in [1.29, 1.82) is 0 Å². The zero-order valence-corrected chi connectivity index (χ0v) is 9.49. The minimum atomic E-state index is -1.01. The minimum Gasteiger partial charge on any atom is -0.496 e. The average molecular weight is 234 g/mol. The van der Waals surface area contributed by atoms with E-state index >= 15 is 0 Å². The molecule has 1 N–H and O–H groups in total. The Morgan fingerprint density at radius 1 is 1.31 bits per heavy atom. The molecule has 2 aromatic rings. The van der Waals surface area contributed by atoms with Gasteiger partial charge in [0.15, 0.2) is 0 Å². The number of methoxy groups -OCH3 is 1. The van der Waals surface area contributed by atoms with Crippen LogP contribution in [-0.4, -0.2) is 18.2 Å². The van der Waals surface area contributed by atoms with Gasteiger partial charge in [0.2, 0.25) is 0 Å². The maximum atomic E-state index is 11.0. The van der Waals surface area contributed by atoms with Crippen molar-refractivity contribution < 1.29 is 14.6 Å². The quantitative estimate of drug-likeness (QED) is 0.785. The van der Waals surface area contributed by atoms with E-state index in [2.05, 4.69) is 12.6 Å². The molecule has 16 heavy (non-hydrogen) atoms. The second-order valence-corrected chi connectivity index (χ2v) is 3.77. The van der Waals surface area contributed by atoms with Crippen LogP contribution >= 0.6 is 12.6 Å². The zero-order chi connectivity index (χ0) is 11.7. The molecule has 0 atom stereocenters. The molecule has 0 heterocycles. The van der Waals surface area contributed by atoms with E-state index in [1.165, 1.54) is 13.2 Å². The first kappa shape index (κ1) is 10.8. The first-order valence-electron chi connectivity index (χ1n) is 4.67. The lowest BCUT2D eigenvalue weighted by atomic mass is 10.1. The summed E-state index contributed by atoms with van der Waals surface area (Å²) in [4.78, 5) is 11.5. The van der Waals surface area contributed by atoms with E-state index in [-0.39, 0.29) is 5.56 Å². The molecule has 82 valence electrons. The van der Waals surface area contributed by atoms with Gasteiger partial charge >= 0.3 is 5.97 Å². The number of benzene rings is 2. The molecule has 0 saturated heterocycles. The molecule has 0 amide bonds. The first-order chi connectivity index (χ1) is 7.65. The fraction of sp³-hybridized carbons (Fsp3) is 0.0833. The monoisotopic (exact) mass is 234 g/mol. The van der Waals surface area contributed by atoms with Gasteiger partial charge in [0.25, 0.3) is 0 Å². The van der Waals surface area contributed by atoms with E-state index in [4.69, 9.17) is 9.84 Å². The first-order valence-corrected chi connectivity index (χ1v) is 5.12. The van der Waals surface area contributed by atoms with Crippen molar-refractivity contribution in [2.24, 2.45) is 0 Å². The third-order valence-electron chi connectivity index (χ3n) is 2.43. The van der Waals surface area contributed by atoms with Gasteiger partial charge in [-0.1, -0.05) is 24.3 Å². The van der Waals surface area contributed by atoms with Crippen molar-refractivity contribution in [1.82, 2.24) is 0 Å². The number of carboxylic acids is 1. The van der Waals surface area contributed by atoms with Gasteiger partial charge in [0, 0.05) is 10.3 Å². The van der Waals surface area contributed by atoms with Crippen LogP contribution in [0.2, 0.25) is 0 Å². The molecule has 0 fully saturated rings. The predicted octanol–water partition coefficient (Wildman–Crippen LogP) is 2.84. The molecule has 0 bridgehead atoms. The van der Waals surface area contributed by atoms with Crippen molar-refractivity contribution in [3.63, 3.8) is 0 Å². The maximum absolute atomic E-state index is 11.0. The lowest BCUT2D eigenvalue weighted by Gasteiger charge is -2.10. The summed E-state index contributed by atoms with van der Waals surface area (Å²) >= 11 is 4.25. The van der Waals surface area contributed by atoms with Crippen LogP contribution < -0.4 is 4.74 Å². The highest BCUT2D eigenvalue weighted by molar-refractivity contribution is 7.80. The van der Waals surface area contributed by atoms with E-state index in [0.717, 1.165) is 10.8 Å². The van der Waals surface area contributed by atoms with Crippen LogP contribution in [0.25, 0.3) is 10.8 Å². The third-order valence-corrected chi connectivity index (χ3v) is 2.91. The fourth-order valence-corrected chi connectivity index (χ4v) is 2.01. The van der Waals surface area contributed by atoms with E-state index in [1.54, 1.807) is 0 Å². The molecule has 0 saturated carbocycles. The molecule has 0 aliphatic carbocycles. The Kier molecular flexibility index (Phi) is 2.75. The van der Waals surface area contributed by atoms with Crippen LogP contribution in [0.4, 0.5) is 0 Å². The van der Waals surface area contributed by atoms with Crippen LogP contribution in [-0.2, 0) is 0 Å². The number of fused-ring (bicyclic) bond motifs is 1. The number of carboxylic acid groups (broad SMARTS) is 1. The van der Waals surface area contributed by atoms with Gasteiger partial charge in [-0.2, -0.15) is 0 Å². The van der Waals surface area contributed by atoms with Crippen LogP contribution in [0.1, 0.15) is 10.4 Å². The molecular formula is C12H10O3S. The molecule has 0 aliphatic heterocycles. The largest absolute Gasteiger partial charge is 0.496 e. The van der Waals surface area contributed by atoms with Crippen molar-refractivity contribution in [2.75, 3.05) is 7.11 Å².